The van der Waals surface area contributed by atoms with E-state index in [2.05, 4.69) is 30.2 Å². The fourth-order valence-electron chi connectivity index (χ4n) is 0.285. The van der Waals surface area contributed by atoms with E-state index in [1.165, 1.54) is 23.5 Å². The van der Waals surface area contributed by atoms with E-state index in [1.54, 1.807) is 0 Å². The summed E-state index contributed by atoms with van der Waals surface area (Å²) in [7, 11) is 0. The number of thiocarbonyl (C=S) groups is 2. The number of nitrogens with two attached hydrogens (primary N) is 3. The third-order valence-electron chi connectivity index (χ3n) is 0.572. The Bertz CT molecular complexity index is 164. The molecule has 0 fully saturated rings. The first-order valence-electron chi connectivity index (χ1n) is 2.96. The van der Waals surface area contributed by atoms with Crippen molar-refractivity contribution in [3.05, 3.63) is 0 Å². The maximum atomic E-state index is 8.46. The summed E-state index contributed by atoms with van der Waals surface area (Å²) < 4.78 is 0.951. The average Bonchev–Trinajstić information content (AvgIpc) is 1.99. The van der Waals surface area contributed by atoms with Crippen molar-refractivity contribution in [1.29, 1.82) is 0 Å². The molecule has 0 aliphatic carbocycles. The van der Waals surface area contributed by atoms with Crippen LogP contribution in [0.4, 0.5) is 0 Å². The summed E-state index contributed by atoms with van der Waals surface area (Å²) in [4.78, 5) is 8.46. The van der Waals surface area contributed by atoms with Gasteiger partial charge in [0, 0.05) is 31.0 Å². The summed E-state index contributed by atoms with van der Waals surface area (Å²) in [5, 5.41) is 0. The molecule has 0 aliphatic rings. The Morgan fingerprint density at radius 2 is 1.36 bits per heavy atom. The first kappa shape index (κ1) is 20.0. The Hall–Kier alpha value is 0.573. The van der Waals surface area contributed by atoms with Crippen LogP contribution in [0.2, 0.25) is 0 Å². The minimum absolute atomic E-state index is 0. The van der Waals surface area contributed by atoms with Crippen molar-refractivity contribution in [2.24, 2.45) is 17.2 Å². The van der Waals surface area contributed by atoms with Gasteiger partial charge in [-0.3, -0.25) is 0 Å². The van der Waals surface area contributed by atoms with Gasteiger partial charge in [0.05, 0.1) is 0 Å². The third-order valence-corrected chi connectivity index (χ3v) is 2.92. The monoisotopic (exact) mass is 320 g/mol. The molecule has 0 aromatic carbocycles. The second kappa shape index (κ2) is 16.0. The van der Waals surface area contributed by atoms with Gasteiger partial charge in [-0.2, -0.15) is 6.41 Å². The van der Waals surface area contributed by atoms with Crippen LogP contribution in [0.1, 0.15) is 0 Å². The molecule has 0 saturated heterocycles. The largest absolute Gasteiger partial charge is 0.543 e. The Kier molecular flexibility index (Phi) is 22.9. The standard InChI is InChI=1S/C4H8N2S4.CH2NO.Zn/c5-3(7)9-1-2-10-4(6)8;2-1-3;/h1-2H2,(H2,5,7)(H2,6,8);(H2,2,3);/q;-1;. The van der Waals surface area contributed by atoms with Crippen molar-refractivity contribution in [3.8, 4) is 0 Å². The zero-order valence-electron chi connectivity index (χ0n) is 7.39. The van der Waals surface area contributed by atoms with E-state index < -0.39 is 0 Å². The first-order valence-corrected chi connectivity index (χ1v) is 5.75. The van der Waals surface area contributed by atoms with Crippen LogP contribution in [-0.4, -0.2) is 26.6 Å². The molecule has 78 valence electrons. The van der Waals surface area contributed by atoms with Gasteiger partial charge in [0.25, 0.3) is 0 Å². The Morgan fingerprint density at radius 3 is 1.50 bits per heavy atom. The predicted molar refractivity (Wildman–Crippen MR) is 68.4 cm³/mol. The summed E-state index contributed by atoms with van der Waals surface area (Å²) in [5.41, 5.74) is 14.5. The van der Waals surface area contributed by atoms with Crippen molar-refractivity contribution < 1.29 is 24.3 Å². The molecule has 0 aromatic rings. The second-order valence-electron chi connectivity index (χ2n) is 1.45. The van der Waals surface area contributed by atoms with E-state index in [-0.39, 0.29) is 19.5 Å². The van der Waals surface area contributed by atoms with E-state index in [4.69, 9.17) is 16.3 Å². The molecular weight excluding hydrogens is 312 g/mol. The van der Waals surface area contributed by atoms with Gasteiger partial charge in [-0.05, 0) is 0 Å². The minimum Gasteiger partial charge on any atom is -0.543 e. The summed E-state index contributed by atoms with van der Waals surface area (Å²) >= 11 is 12.2. The summed E-state index contributed by atoms with van der Waals surface area (Å²) in [6, 6.07) is 0. The van der Waals surface area contributed by atoms with Gasteiger partial charge < -0.3 is 22.0 Å². The van der Waals surface area contributed by atoms with Gasteiger partial charge in [-0.15, -0.1) is 0 Å². The van der Waals surface area contributed by atoms with E-state index >= 15 is 0 Å². The zero-order chi connectivity index (χ0) is 10.7. The molecule has 4 nitrogen and oxygen atoms in total. The molecule has 0 radical (unpaired) electrons. The Morgan fingerprint density at radius 1 is 1.14 bits per heavy atom. The number of rotatable bonds is 3. The SMILES string of the molecule is NC(=S)SCCSC(N)=S.N[C-]=O.[Zn]. The number of amides is 1. The fourth-order valence-corrected chi connectivity index (χ4v) is 1.85. The first-order chi connectivity index (χ1) is 6.04. The van der Waals surface area contributed by atoms with Crippen LogP contribution in [0.5, 0.6) is 0 Å². The third kappa shape index (κ3) is 29.4. The van der Waals surface area contributed by atoms with Crippen LogP contribution in [0.3, 0.4) is 0 Å². The molecule has 0 rings (SSSR count). The van der Waals surface area contributed by atoms with Crippen molar-refractivity contribution in [3.63, 3.8) is 0 Å². The molecule has 14 heavy (non-hydrogen) atoms. The smallest absolute Gasteiger partial charge is 0.131 e. The van der Waals surface area contributed by atoms with Gasteiger partial charge in [-0.1, -0.05) is 48.0 Å². The van der Waals surface area contributed by atoms with Crippen molar-refractivity contribution in [2.45, 2.75) is 0 Å². The number of thioether (sulfide) groups is 2. The Balaban J connectivity index is -0.000000267. The molecule has 9 heteroatoms. The molecule has 0 aliphatic heterocycles. The molecule has 0 bridgehead atoms. The van der Waals surface area contributed by atoms with Crippen LogP contribution in [0.15, 0.2) is 0 Å². The van der Waals surface area contributed by atoms with Crippen LogP contribution >= 0.6 is 48.0 Å². The van der Waals surface area contributed by atoms with Crippen LogP contribution in [0, 0.1) is 0 Å². The summed E-state index contributed by atoms with van der Waals surface area (Å²) in [6.45, 7) is 0. The molecule has 0 unspecified atom stereocenters. The maximum absolute atomic E-state index is 8.46. The van der Waals surface area contributed by atoms with E-state index in [1.807, 2.05) is 0 Å². The van der Waals surface area contributed by atoms with Gasteiger partial charge >= 0.3 is 0 Å². The van der Waals surface area contributed by atoms with Gasteiger partial charge in [0.1, 0.15) is 8.64 Å². The number of carbonyl (C=O) groups excluding carboxylic acids is 1. The van der Waals surface area contributed by atoms with E-state index in [0.717, 1.165) is 17.9 Å². The van der Waals surface area contributed by atoms with Crippen molar-refractivity contribution in [1.82, 2.24) is 0 Å². The number of hydrogen-bond donors (Lipinski definition) is 3. The van der Waals surface area contributed by atoms with Crippen molar-refractivity contribution >= 4 is 63.0 Å². The summed E-state index contributed by atoms with van der Waals surface area (Å²) in [6.07, 6.45) is 1.00. The Labute approximate surface area is 115 Å². The molecule has 0 atom stereocenters. The topological polar surface area (TPSA) is 95.1 Å². The molecule has 1 amide bonds. The van der Waals surface area contributed by atoms with Crippen LogP contribution in [0.25, 0.3) is 0 Å². The fraction of sp³-hybridized carbons (Fsp3) is 0.400. The summed E-state index contributed by atoms with van der Waals surface area (Å²) in [5.74, 6) is 1.74. The number of hydrogen-bond acceptors (Lipinski definition) is 5. The molecule has 0 spiro atoms. The quantitative estimate of drug-likeness (QED) is 0.220. The average molecular weight is 322 g/mol. The molecular formula is C5H10N3OS4Zn-. The van der Waals surface area contributed by atoms with Crippen LogP contribution < -0.4 is 17.2 Å². The van der Waals surface area contributed by atoms with E-state index in [9.17, 15) is 0 Å². The van der Waals surface area contributed by atoms with Gasteiger partial charge in [0.15, 0.2) is 0 Å². The molecule has 6 N–H and O–H groups in total. The van der Waals surface area contributed by atoms with Gasteiger partial charge in [-0.25, -0.2) is 0 Å². The minimum atomic E-state index is 0. The number of primary amides is 1. The molecule has 0 heterocycles. The van der Waals surface area contributed by atoms with Crippen LogP contribution in [-0.2, 0) is 24.3 Å². The van der Waals surface area contributed by atoms with Crippen molar-refractivity contribution in [2.75, 3.05) is 11.5 Å². The molecule has 0 saturated carbocycles. The maximum Gasteiger partial charge on any atom is 0.131 e. The second-order valence-corrected chi connectivity index (χ2v) is 5.12. The predicted octanol–water partition coefficient (Wildman–Crippen LogP) is -0.0502. The van der Waals surface area contributed by atoms with E-state index in [0.29, 0.717) is 8.64 Å². The molecule has 0 aromatic heterocycles. The van der Waals surface area contributed by atoms with Gasteiger partial charge in [0.2, 0.25) is 0 Å². The zero-order valence-corrected chi connectivity index (χ0v) is 13.6. The normalized spacial score (nSPS) is 7.43.